The highest BCUT2D eigenvalue weighted by molar-refractivity contribution is 7.19. The number of aliphatic imine (C=N–C) groups is 1. The minimum absolute atomic E-state index is 0.0532. The Hall–Kier alpha value is -4.32. The summed E-state index contributed by atoms with van der Waals surface area (Å²) in [6.07, 6.45) is 17.1. The van der Waals surface area contributed by atoms with Crippen molar-refractivity contribution in [2.24, 2.45) is 16.8 Å². The summed E-state index contributed by atoms with van der Waals surface area (Å²) in [7, 11) is 8.53. The van der Waals surface area contributed by atoms with Crippen molar-refractivity contribution in [3.05, 3.63) is 61.9 Å². The fourth-order valence-corrected chi connectivity index (χ4v) is 14.0. The van der Waals surface area contributed by atoms with Gasteiger partial charge in [-0.1, -0.05) is 11.6 Å². The van der Waals surface area contributed by atoms with Crippen LogP contribution in [0.25, 0.3) is 20.4 Å². The lowest BCUT2D eigenvalue weighted by Gasteiger charge is -2.37. The van der Waals surface area contributed by atoms with Crippen LogP contribution in [-0.4, -0.2) is 155 Å². The number of fused-ring (bicyclic) bond motifs is 7. The van der Waals surface area contributed by atoms with Gasteiger partial charge in [0.25, 0.3) is 0 Å². The molecule has 14 nitrogen and oxygen atoms in total. The number of halogens is 1. The molecular formula is C50H64ClN11O3S2. The number of rotatable bonds is 10. The second kappa shape index (κ2) is 20.3. The predicted octanol–water partition coefficient (Wildman–Crippen LogP) is 7.50. The highest BCUT2D eigenvalue weighted by Gasteiger charge is 2.35. The maximum atomic E-state index is 13.5. The molecule has 2 aliphatic carbocycles. The Morgan fingerprint density at radius 1 is 0.746 bits per heavy atom. The van der Waals surface area contributed by atoms with Gasteiger partial charge in [0.05, 0.1) is 23.0 Å². The van der Waals surface area contributed by atoms with Crippen LogP contribution in [0.3, 0.4) is 0 Å². The van der Waals surface area contributed by atoms with Crippen LogP contribution in [0.15, 0.2) is 29.8 Å². The summed E-state index contributed by atoms with van der Waals surface area (Å²) >= 11 is 9.67. The summed E-state index contributed by atoms with van der Waals surface area (Å²) in [5.41, 5.74) is 5.79. The second-order valence-corrected chi connectivity index (χ2v) is 22.2. The van der Waals surface area contributed by atoms with Crippen LogP contribution in [0.2, 0.25) is 5.15 Å². The molecule has 1 aromatic carbocycles. The number of amides is 2. The van der Waals surface area contributed by atoms with Gasteiger partial charge in [0, 0.05) is 72.6 Å². The Labute approximate surface area is 407 Å². The molecule has 0 saturated carbocycles. The third-order valence-electron chi connectivity index (χ3n) is 15.2. The molecule has 2 atom stereocenters. The van der Waals surface area contributed by atoms with Crippen molar-refractivity contribution in [2.45, 2.75) is 95.7 Å². The molecule has 0 bridgehead atoms. The number of likely N-dealkylation sites (tertiary alicyclic amines) is 3. The normalized spacial score (nSPS) is 21.2. The van der Waals surface area contributed by atoms with E-state index in [1.165, 1.54) is 45.6 Å². The van der Waals surface area contributed by atoms with Crippen molar-refractivity contribution < 1.29 is 14.3 Å². The van der Waals surface area contributed by atoms with Crippen molar-refractivity contribution in [2.75, 3.05) is 85.9 Å². The number of piperidine rings is 2. The molecule has 3 saturated heterocycles. The zero-order chi connectivity index (χ0) is 46.2. The fraction of sp³-hybridized carbons (Fsp3) is 0.580. The fourth-order valence-electron chi connectivity index (χ4n) is 11.2. The molecule has 8 heterocycles. The lowest BCUT2D eigenvalue weighted by molar-refractivity contribution is -0.138. The smallest absolute Gasteiger partial charge is 0.226 e. The molecule has 5 aromatic rings. The summed E-state index contributed by atoms with van der Waals surface area (Å²) in [4.78, 5) is 64.5. The van der Waals surface area contributed by atoms with Crippen molar-refractivity contribution in [1.29, 1.82) is 0 Å². The van der Waals surface area contributed by atoms with Crippen LogP contribution >= 0.6 is 34.3 Å². The molecule has 67 heavy (non-hydrogen) atoms. The van der Waals surface area contributed by atoms with Gasteiger partial charge >= 0.3 is 0 Å². The maximum Gasteiger partial charge on any atom is 0.226 e. The first-order valence-electron chi connectivity index (χ1n) is 24.4. The summed E-state index contributed by atoms with van der Waals surface area (Å²) in [5, 5.41) is 6.27. The molecule has 17 heteroatoms. The van der Waals surface area contributed by atoms with Crippen LogP contribution in [0.1, 0.15) is 83.4 Å². The number of nitrogens with one attached hydrogen (secondary N) is 1. The van der Waals surface area contributed by atoms with Gasteiger partial charge < -0.3 is 29.7 Å². The van der Waals surface area contributed by atoms with Crippen LogP contribution in [0.4, 0.5) is 11.5 Å². The summed E-state index contributed by atoms with van der Waals surface area (Å²) < 4.78 is 6.38. The number of benzene rings is 1. The van der Waals surface area contributed by atoms with Gasteiger partial charge in [-0.05, 0) is 153 Å². The molecule has 4 aliphatic heterocycles. The quantitative estimate of drug-likeness (QED) is 0.140. The third-order valence-corrected chi connectivity index (χ3v) is 17.8. The lowest BCUT2D eigenvalue weighted by atomic mass is 9.86. The number of hydrogen-bond donors (Lipinski definition) is 1. The standard InChI is InChI=1S/C32H41N7O2S.C18H23ClN4OS/c1-37(2)24-7-11-39(12-8-24)32(40)21-5-6-25-28(17-21)42-31-29(25)30(34-20-35-31)36-26-15-22-18-33-19-23(22)16-27(26)41-14-13-38-9-3-4-10-38;1-22(2)12-5-7-23(8-6-12)18(24)11-3-4-13-14(9-11)25-17-15(13)16(19)20-10-21-17/h15-16,18,20-21,24H,3-14,17,19H2,1-2H3,(H,34,35,36);10-12H,3-9H2,1-2H3/t21-;11-/m00/s1. The number of carbonyl (C=O) groups excluding carboxylic acids is 2. The van der Waals surface area contributed by atoms with E-state index in [0.717, 1.165) is 153 Å². The van der Waals surface area contributed by atoms with Crippen molar-refractivity contribution >= 4 is 84.2 Å². The first kappa shape index (κ1) is 46.4. The zero-order valence-electron chi connectivity index (χ0n) is 39.4. The minimum atomic E-state index is 0.0532. The maximum absolute atomic E-state index is 13.5. The van der Waals surface area contributed by atoms with Gasteiger partial charge in [-0.15, -0.1) is 22.7 Å². The SMILES string of the molecule is CN(C)C1CCN(C(=O)[C@H]2CCc3c(sc4ncnc(Cl)c34)C2)CC1.CN(C)C1CCN(C(=O)[C@H]2CCc3c(sc4ncnc(Nc5cc6c(cc5OCCN5CCCC5)CN=C6)c34)C2)CC1. The molecule has 2 amide bonds. The number of thiophene rings is 2. The largest absolute Gasteiger partial charge is 0.490 e. The monoisotopic (exact) mass is 965 g/mol. The summed E-state index contributed by atoms with van der Waals surface area (Å²) in [5.74, 6) is 2.47. The number of ether oxygens (including phenoxy) is 1. The third kappa shape index (κ3) is 9.94. The van der Waals surface area contributed by atoms with E-state index in [1.54, 1.807) is 29.0 Å². The van der Waals surface area contributed by atoms with Gasteiger partial charge in [0.1, 0.15) is 45.6 Å². The van der Waals surface area contributed by atoms with E-state index in [-0.39, 0.29) is 11.8 Å². The van der Waals surface area contributed by atoms with Crippen molar-refractivity contribution in [1.82, 2.24) is 44.4 Å². The van der Waals surface area contributed by atoms with Gasteiger partial charge in [-0.2, -0.15) is 0 Å². The van der Waals surface area contributed by atoms with Crippen molar-refractivity contribution in [3.8, 4) is 5.75 Å². The van der Waals surface area contributed by atoms with E-state index in [0.29, 0.717) is 42.2 Å². The molecule has 6 aliphatic rings. The van der Waals surface area contributed by atoms with E-state index in [9.17, 15) is 9.59 Å². The number of aryl methyl sites for hydroxylation is 2. The first-order valence-corrected chi connectivity index (χ1v) is 26.4. The molecule has 0 radical (unpaired) electrons. The van der Waals surface area contributed by atoms with E-state index < -0.39 is 0 Å². The van der Waals surface area contributed by atoms with Gasteiger partial charge in [-0.25, -0.2) is 19.9 Å². The van der Waals surface area contributed by atoms with E-state index in [2.05, 4.69) is 90.1 Å². The number of nitrogens with zero attached hydrogens (tertiary/aromatic N) is 10. The van der Waals surface area contributed by atoms with Gasteiger partial charge in [-0.3, -0.25) is 19.5 Å². The minimum Gasteiger partial charge on any atom is -0.490 e. The van der Waals surface area contributed by atoms with Crippen LogP contribution in [0.5, 0.6) is 5.75 Å². The van der Waals surface area contributed by atoms with Crippen LogP contribution in [-0.2, 0) is 41.8 Å². The molecule has 356 valence electrons. The highest BCUT2D eigenvalue weighted by Crippen LogP contribution is 2.43. The summed E-state index contributed by atoms with van der Waals surface area (Å²) in [6, 6.07) is 5.45. The Balaban J connectivity index is 0.000000179. The molecule has 0 spiro atoms. The molecule has 3 fully saturated rings. The zero-order valence-corrected chi connectivity index (χ0v) is 41.8. The van der Waals surface area contributed by atoms with Crippen LogP contribution in [0, 0.1) is 11.8 Å². The predicted molar refractivity (Wildman–Crippen MR) is 270 cm³/mol. The number of carbonyl (C=O) groups is 2. The number of anilines is 2. The molecule has 11 rings (SSSR count). The topological polar surface area (TPSA) is 136 Å². The lowest BCUT2D eigenvalue weighted by Crippen LogP contribution is -2.47. The Morgan fingerprint density at radius 3 is 1.91 bits per heavy atom. The van der Waals surface area contributed by atoms with Crippen LogP contribution < -0.4 is 10.1 Å². The van der Waals surface area contributed by atoms with E-state index in [1.807, 2.05) is 6.21 Å². The van der Waals surface area contributed by atoms with E-state index in [4.69, 9.17) is 21.3 Å². The molecule has 1 N–H and O–H groups in total. The average molecular weight is 967 g/mol. The Bertz CT molecular complexity index is 2630. The summed E-state index contributed by atoms with van der Waals surface area (Å²) in [6.45, 7) is 8.12. The van der Waals surface area contributed by atoms with E-state index >= 15 is 0 Å². The Kier molecular flexibility index (Phi) is 14.1. The number of hydrogen-bond acceptors (Lipinski definition) is 14. The number of aromatic nitrogens is 4. The molecule has 4 aromatic heterocycles. The van der Waals surface area contributed by atoms with Gasteiger partial charge in [0.2, 0.25) is 11.8 Å². The molecule has 0 unspecified atom stereocenters. The highest BCUT2D eigenvalue weighted by atomic mass is 35.5. The van der Waals surface area contributed by atoms with Crippen molar-refractivity contribution in [3.63, 3.8) is 0 Å². The second-order valence-electron chi connectivity index (χ2n) is 19.7. The molecular weight excluding hydrogens is 902 g/mol. The average Bonchev–Trinajstić information content (AvgIpc) is 4.17. The van der Waals surface area contributed by atoms with Gasteiger partial charge in [0.15, 0.2) is 0 Å². The first-order chi connectivity index (χ1) is 32.6. The Morgan fingerprint density at radius 2 is 1.31 bits per heavy atom.